The van der Waals surface area contributed by atoms with Crippen LogP contribution >= 0.6 is 0 Å². The fraction of sp³-hybridized carbons (Fsp3) is 0.467. The van der Waals surface area contributed by atoms with Gasteiger partial charge in [0.1, 0.15) is 5.69 Å². The third-order valence-electron chi connectivity index (χ3n) is 3.99. The lowest BCUT2D eigenvalue weighted by Gasteiger charge is -2.08. The fourth-order valence-corrected chi connectivity index (χ4v) is 4.65. The minimum absolute atomic E-state index is 0.111. The molecule has 23 heavy (non-hydrogen) atoms. The van der Waals surface area contributed by atoms with E-state index in [2.05, 4.69) is 10.3 Å². The maximum Gasteiger partial charge on any atom is 0.161 e. The Morgan fingerprint density at radius 1 is 1.26 bits per heavy atom. The van der Waals surface area contributed by atoms with Crippen LogP contribution in [0.4, 0.5) is 0 Å². The van der Waals surface area contributed by atoms with Gasteiger partial charge in [0, 0.05) is 12.1 Å². The number of hydrogen-bond acceptors (Lipinski definition) is 6. The summed E-state index contributed by atoms with van der Waals surface area (Å²) < 4.78 is 35.2. The van der Waals surface area contributed by atoms with Crippen molar-refractivity contribution in [1.29, 1.82) is 0 Å². The standard InChI is InChI=1S/C15H19N3O4S/c1-21-14-4-3-12(7-15(14)22-2)13-9-18(17-16-13)8-11-5-6-23(19,20)10-11/h3-4,7,9,11H,5-6,8,10H2,1-2H3/t11-/m0/s1. The highest BCUT2D eigenvalue weighted by molar-refractivity contribution is 7.91. The number of sulfone groups is 1. The predicted molar refractivity (Wildman–Crippen MR) is 85.3 cm³/mol. The van der Waals surface area contributed by atoms with Gasteiger partial charge >= 0.3 is 0 Å². The topological polar surface area (TPSA) is 83.3 Å². The molecule has 0 N–H and O–H groups in total. The van der Waals surface area contributed by atoms with E-state index in [1.165, 1.54) is 0 Å². The molecule has 1 fully saturated rings. The summed E-state index contributed by atoms with van der Waals surface area (Å²) in [5, 5.41) is 8.26. The molecular formula is C15H19N3O4S. The minimum atomic E-state index is -2.87. The van der Waals surface area contributed by atoms with Crippen LogP contribution in [0.2, 0.25) is 0 Å². The van der Waals surface area contributed by atoms with Crippen LogP contribution < -0.4 is 9.47 Å². The highest BCUT2D eigenvalue weighted by Gasteiger charge is 2.28. The van der Waals surface area contributed by atoms with E-state index in [-0.39, 0.29) is 17.4 Å². The molecule has 0 unspecified atom stereocenters. The van der Waals surface area contributed by atoms with E-state index in [0.29, 0.717) is 30.2 Å². The molecule has 1 atom stereocenters. The minimum Gasteiger partial charge on any atom is -0.493 e. The average Bonchev–Trinajstić information content (AvgIpc) is 3.13. The highest BCUT2D eigenvalue weighted by atomic mass is 32.2. The molecule has 0 saturated carbocycles. The van der Waals surface area contributed by atoms with Crippen LogP contribution in [0.5, 0.6) is 11.5 Å². The third-order valence-corrected chi connectivity index (χ3v) is 5.83. The maximum absolute atomic E-state index is 11.5. The number of hydrogen-bond donors (Lipinski definition) is 0. The summed E-state index contributed by atoms with van der Waals surface area (Å²) in [4.78, 5) is 0. The van der Waals surface area contributed by atoms with Crippen molar-refractivity contribution in [3.8, 4) is 22.8 Å². The highest BCUT2D eigenvalue weighted by Crippen LogP contribution is 2.31. The molecule has 0 aliphatic carbocycles. The second kappa shape index (κ2) is 6.19. The molecule has 2 heterocycles. The molecule has 7 nitrogen and oxygen atoms in total. The lowest BCUT2D eigenvalue weighted by Crippen LogP contribution is -2.12. The molecule has 0 amide bonds. The lowest BCUT2D eigenvalue weighted by atomic mass is 10.1. The smallest absolute Gasteiger partial charge is 0.161 e. The molecule has 1 aromatic carbocycles. The van der Waals surface area contributed by atoms with Gasteiger partial charge in [-0.25, -0.2) is 8.42 Å². The second-order valence-electron chi connectivity index (χ2n) is 5.66. The van der Waals surface area contributed by atoms with Crippen LogP contribution in [0, 0.1) is 5.92 Å². The monoisotopic (exact) mass is 337 g/mol. The first-order chi connectivity index (χ1) is 11.0. The Bertz CT molecular complexity index is 801. The van der Waals surface area contributed by atoms with E-state index < -0.39 is 9.84 Å². The van der Waals surface area contributed by atoms with Crippen LogP contribution in [0.25, 0.3) is 11.3 Å². The van der Waals surface area contributed by atoms with Gasteiger partial charge in [0.2, 0.25) is 0 Å². The zero-order valence-electron chi connectivity index (χ0n) is 13.1. The summed E-state index contributed by atoms with van der Waals surface area (Å²) >= 11 is 0. The van der Waals surface area contributed by atoms with Gasteiger partial charge in [0.25, 0.3) is 0 Å². The summed E-state index contributed by atoms with van der Waals surface area (Å²) in [5.74, 6) is 1.90. The van der Waals surface area contributed by atoms with E-state index >= 15 is 0 Å². The molecule has 0 bridgehead atoms. The second-order valence-corrected chi connectivity index (χ2v) is 7.89. The van der Waals surface area contributed by atoms with Gasteiger partial charge < -0.3 is 9.47 Å². The van der Waals surface area contributed by atoms with Crippen LogP contribution in [0.3, 0.4) is 0 Å². The van der Waals surface area contributed by atoms with Gasteiger partial charge in [-0.3, -0.25) is 4.68 Å². The van der Waals surface area contributed by atoms with Crippen LogP contribution in [0.15, 0.2) is 24.4 Å². The van der Waals surface area contributed by atoms with E-state index in [4.69, 9.17) is 9.47 Å². The Hall–Kier alpha value is -2.09. The number of benzene rings is 1. The Labute approximate surface area is 135 Å². The molecule has 0 spiro atoms. The first kappa shape index (κ1) is 15.8. The first-order valence-electron chi connectivity index (χ1n) is 7.33. The van der Waals surface area contributed by atoms with E-state index in [1.54, 1.807) is 18.9 Å². The van der Waals surface area contributed by atoms with Crippen molar-refractivity contribution < 1.29 is 17.9 Å². The summed E-state index contributed by atoms with van der Waals surface area (Å²) in [6.07, 6.45) is 2.51. The van der Waals surface area contributed by atoms with Crippen molar-refractivity contribution in [3.05, 3.63) is 24.4 Å². The third kappa shape index (κ3) is 3.47. The van der Waals surface area contributed by atoms with Gasteiger partial charge in [-0.2, -0.15) is 0 Å². The molecule has 1 aliphatic rings. The number of aromatic nitrogens is 3. The van der Waals surface area contributed by atoms with Crippen molar-refractivity contribution in [1.82, 2.24) is 15.0 Å². The van der Waals surface area contributed by atoms with Crippen LogP contribution in [-0.2, 0) is 16.4 Å². The Morgan fingerprint density at radius 2 is 2.04 bits per heavy atom. The van der Waals surface area contributed by atoms with Gasteiger partial charge in [-0.15, -0.1) is 5.10 Å². The molecule has 1 saturated heterocycles. The Balaban J connectivity index is 1.77. The average molecular weight is 337 g/mol. The Kier molecular flexibility index (Phi) is 4.25. The van der Waals surface area contributed by atoms with Crippen molar-refractivity contribution in [2.45, 2.75) is 13.0 Å². The fourth-order valence-electron chi connectivity index (χ4n) is 2.80. The van der Waals surface area contributed by atoms with Crippen molar-refractivity contribution in [2.75, 3.05) is 25.7 Å². The summed E-state index contributed by atoms with van der Waals surface area (Å²) in [6.45, 7) is 0.569. The zero-order valence-corrected chi connectivity index (χ0v) is 13.9. The molecule has 2 aromatic rings. The first-order valence-corrected chi connectivity index (χ1v) is 9.16. The Morgan fingerprint density at radius 3 is 2.70 bits per heavy atom. The SMILES string of the molecule is COc1ccc(-c2cn(C[C@@H]3CCS(=O)(=O)C3)nn2)cc1OC. The summed E-state index contributed by atoms with van der Waals surface area (Å²) in [5.41, 5.74) is 1.58. The van der Waals surface area contributed by atoms with Gasteiger partial charge in [-0.05, 0) is 30.5 Å². The molecule has 1 aliphatic heterocycles. The normalized spacial score (nSPS) is 19.7. The molecule has 3 rings (SSSR count). The zero-order chi connectivity index (χ0) is 16.4. The van der Waals surface area contributed by atoms with E-state index in [1.807, 2.05) is 24.4 Å². The van der Waals surface area contributed by atoms with E-state index in [0.717, 1.165) is 5.56 Å². The van der Waals surface area contributed by atoms with Gasteiger partial charge in [0.05, 0.1) is 31.9 Å². The van der Waals surface area contributed by atoms with Crippen molar-refractivity contribution in [3.63, 3.8) is 0 Å². The number of ether oxygens (including phenoxy) is 2. The predicted octanol–water partition coefficient (Wildman–Crippen LogP) is 1.40. The molecule has 8 heteroatoms. The van der Waals surface area contributed by atoms with Crippen molar-refractivity contribution in [2.24, 2.45) is 5.92 Å². The molecule has 124 valence electrons. The molecule has 0 radical (unpaired) electrons. The lowest BCUT2D eigenvalue weighted by molar-refractivity contribution is 0.355. The largest absolute Gasteiger partial charge is 0.493 e. The van der Waals surface area contributed by atoms with Gasteiger partial charge in [0.15, 0.2) is 21.3 Å². The van der Waals surface area contributed by atoms with Crippen molar-refractivity contribution >= 4 is 9.84 Å². The quantitative estimate of drug-likeness (QED) is 0.820. The molecular weight excluding hydrogens is 318 g/mol. The summed E-state index contributed by atoms with van der Waals surface area (Å²) in [6, 6.07) is 5.54. The van der Waals surface area contributed by atoms with Gasteiger partial charge in [-0.1, -0.05) is 5.21 Å². The summed E-state index contributed by atoms with van der Waals surface area (Å²) in [7, 11) is 0.300. The number of nitrogens with zero attached hydrogens (tertiary/aromatic N) is 3. The number of rotatable bonds is 5. The van der Waals surface area contributed by atoms with Crippen LogP contribution in [-0.4, -0.2) is 49.1 Å². The molecule has 1 aromatic heterocycles. The number of methoxy groups -OCH3 is 2. The maximum atomic E-state index is 11.5. The van der Waals surface area contributed by atoms with Crippen LogP contribution in [0.1, 0.15) is 6.42 Å². The van der Waals surface area contributed by atoms with E-state index in [9.17, 15) is 8.42 Å².